The van der Waals surface area contributed by atoms with Crippen molar-refractivity contribution in [2.24, 2.45) is 5.73 Å². The van der Waals surface area contributed by atoms with Crippen molar-refractivity contribution >= 4 is 11.8 Å². The molecule has 1 rings (SSSR count). The van der Waals surface area contributed by atoms with Gasteiger partial charge in [0.2, 0.25) is 11.8 Å². The van der Waals surface area contributed by atoms with E-state index in [0.717, 1.165) is 6.42 Å². The average Bonchev–Trinajstić information content (AvgIpc) is 2.05. The normalized spacial score (nSPS) is 17.5. The Hall–Kier alpha value is -1.10. The van der Waals surface area contributed by atoms with Gasteiger partial charge in [-0.2, -0.15) is 0 Å². The SMILES string of the molecule is NC(=O)[CH]C(=O)N1CCOCC1. The van der Waals surface area contributed by atoms with Crippen LogP contribution in [0.15, 0.2) is 0 Å². The highest BCUT2D eigenvalue weighted by atomic mass is 16.5. The lowest BCUT2D eigenvalue weighted by Crippen LogP contribution is -2.42. The molecule has 0 aromatic rings. The van der Waals surface area contributed by atoms with E-state index in [4.69, 9.17) is 10.5 Å². The minimum absolute atomic E-state index is 0.328. The molecule has 2 amide bonds. The van der Waals surface area contributed by atoms with Crippen LogP contribution in [0, 0.1) is 6.42 Å². The maximum atomic E-state index is 11.1. The number of nitrogens with zero attached hydrogens (tertiary/aromatic N) is 1. The van der Waals surface area contributed by atoms with E-state index in [1.54, 1.807) is 0 Å². The molecule has 5 nitrogen and oxygen atoms in total. The van der Waals surface area contributed by atoms with Gasteiger partial charge in [-0.05, 0) is 0 Å². The van der Waals surface area contributed by atoms with E-state index in [-0.39, 0.29) is 5.91 Å². The smallest absolute Gasteiger partial charge is 0.236 e. The Bertz CT molecular complexity index is 187. The molecule has 0 aromatic carbocycles. The zero-order chi connectivity index (χ0) is 8.97. The minimum Gasteiger partial charge on any atom is -0.378 e. The van der Waals surface area contributed by atoms with E-state index in [1.807, 2.05) is 0 Å². The topological polar surface area (TPSA) is 72.6 Å². The number of hydrogen-bond donors (Lipinski definition) is 1. The summed E-state index contributed by atoms with van der Waals surface area (Å²) in [5, 5.41) is 0. The van der Waals surface area contributed by atoms with E-state index in [1.165, 1.54) is 4.90 Å². The maximum absolute atomic E-state index is 11.1. The van der Waals surface area contributed by atoms with Crippen molar-refractivity contribution in [1.29, 1.82) is 0 Å². The Morgan fingerprint density at radius 1 is 1.33 bits per heavy atom. The number of amides is 2. The standard InChI is InChI=1S/C7H11N2O3/c8-6(10)5-7(11)9-1-3-12-4-2-9/h5H,1-4H2,(H2,8,10). The van der Waals surface area contributed by atoms with Gasteiger partial charge in [0, 0.05) is 13.1 Å². The molecule has 0 saturated carbocycles. The Morgan fingerprint density at radius 2 is 1.92 bits per heavy atom. The van der Waals surface area contributed by atoms with E-state index < -0.39 is 5.91 Å². The second kappa shape index (κ2) is 4.06. The maximum Gasteiger partial charge on any atom is 0.236 e. The van der Waals surface area contributed by atoms with Crippen molar-refractivity contribution in [3.05, 3.63) is 6.42 Å². The predicted molar refractivity (Wildman–Crippen MR) is 40.9 cm³/mol. The highest BCUT2D eigenvalue weighted by Gasteiger charge is 2.18. The molecule has 0 aliphatic carbocycles. The van der Waals surface area contributed by atoms with Gasteiger partial charge in [-0.25, -0.2) is 0 Å². The van der Waals surface area contributed by atoms with Crippen LogP contribution in [0.3, 0.4) is 0 Å². The summed E-state index contributed by atoms with van der Waals surface area (Å²) < 4.78 is 5.03. The van der Waals surface area contributed by atoms with Gasteiger partial charge in [-0.15, -0.1) is 0 Å². The van der Waals surface area contributed by atoms with Crippen LogP contribution in [-0.4, -0.2) is 43.0 Å². The average molecular weight is 171 g/mol. The summed E-state index contributed by atoms with van der Waals surface area (Å²) in [6.07, 6.45) is 0.894. The second-order valence-electron chi connectivity index (χ2n) is 2.48. The van der Waals surface area contributed by atoms with Gasteiger partial charge in [0.1, 0.15) is 6.42 Å². The van der Waals surface area contributed by atoms with Gasteiger partial charge in [0.25, 0.3) is 0 Å². The van der Waals surface area contributed by atoms with Gasteiger partial charge in [-0.3, -0.25) is 9.59 Å². The predicted octanol–water partition coefficient (Wildman–Crippen LogP) is -1.47. The third kappa shape index (κ3) is 2.50. The molecule has 2 N–H and O–H groups in total. The van der Waals surface area contributed by atoms with Gasteiger partial charge < -0.3 is 15.4 Å². The Labute approximate surface area is 70.5 Å². The zero-order valence-electron chi connectivity index (χ0n) is 6.66. The lowest BCUT2D eigenvalue weighted by molar-refractivity contribution is -0.133. The molecule has 1 radical (unpaired) electrons. The highest BCUT2D eigenvalue weighted by molar-refractivity contribution is 6.07. The summed E-state index contributed by atoms with van der Waals surface area (Å²) in [6, 6.07) is 0. The molecule has 5 heteroatoms. The molecule has 67 valence electrons. The fraction of sp³-hybridized carbons (Fsp3) is 0.571. The van der Waals surface area contributed by atoms with Crippen LogP contribution in [0.5, 0.6) is 0 Å². The van der Waals surface area contributed by atoms with Gasteiger partial charge in [0.15, 0.2) is 0 Å². The Balaban J connectivity index is 2.34. The summed E-state index contributed by atoms with van der Waals surface area (Å²) in [4.78, 5) is 23.0. The summed E-state index contributed by atoms with van der Waals surface area (Å²) in [7, 11) is 0. The number of nitrogens with two attached hydrogens (primary N) is 1. The third-order valence-electron chi connectivity index (χ3n) is 1.59. The fourth-order valence-corrected chi connectivity index (χ4v) is 0.997. The summed E-state index contributed by atoms with van der Waals surface area (Å²) in [6.45, 7) is 2.11. The van der Waals surface area contributed by atoms with Crippen LogP contribution in [0.25, 0.3) is 0 Å². The Morgan fingerprint density at radius 3 is 2.42 bits per heavy atom. The van der Waals surface area contributed by atoms with Gasteiger partial charge in [-0.1, -0.05) is 0 Å². The summed E-state index contributed by atoms with van der Waals surface area (Å²) in [5.41, 5.74) is 4.83. The largest absolute Gasteiger partial charge is 0.378 e. The van der Waals surface area contributed by atoms with Crippen molar-refractivity contribution in [3.8, 4) is 0 Å². The van der Waals surface area contributed by atoms with E-state index in [0.29, 0.717) is 26.3 Å². The quantitative estimate of drug-likeness (QED) is 0.516. The first-order valence-corrected chi connectivity index (χ1v) is 3.71. The molecule has 0 spiro atoms. The van der Waals surface area contributed by atoms with E-state index in [9.17, 15) is 9.59 Å². The number of carbonyl (C=O) groups is 2. The molecular weight excluding hydrogens is 160 g/mol. The second-order valence-corrected chi connectivity index (χ2v) is 2.48. The molecular formula is C7H11N2O3. The van der Waals surface area contributed by atoms with Crippen molar-refractivity contribution < 1.29 is 14.3 Å². The molecule has 1 heterocycles. The molecule has 0 aromatic heterocycles. The van der Waals surface area contributed by atoms with Crippen molar-refractivity contribution in [3.63, 3.8) is 0 Å². The first-order chi connectivity index (χ1) is 5.70. The van der Waals surface area contributed by atoms with E-state index >= 15 is 0 Å². The highest BCUT2D eigenvalue weighted by Crippen LogP contribution is 1.98. The Kier molecular flexibility index (Phi) is 3.04. The fourth-order valence-electron chi connectivity index (χ4n) is 0.997. The number of carbonyl (C=O) groups excluding carboxylic acids is 2. The molecule has 0 unspecified atom stereocenters. The summed E-state index contributed by atoms with van der Waals surface area (Å²) >= 11 is 0. The third-order valence-corrected chi connectivity index (χ3v) is 1.59. The van der Waals surface area contributed by atoms with Gasteiger partial charge in [0.05, 0.1) is 13.2 Å². The molecule has 1 fully saturated rings. The van der Waals surface area contributed by atoms with Crippen molar-refractivity contribution in [1.82, 2.24) is 4.90 Å². The molecule has 1 aliphatic heterocycles. The summed E-state index contributed by atoms with van der Waals surface area (Å²) in [5.74, 6) is -1.03. The van der Waals surface area contributed by atoms with Crippen molar-refractivity contribution in [2.45, 2.75) is 0 Å². The molecule has 0 atom stereocenters. The number of rotatable bonds is 2. The minimum atomic E-state index is -0.702. The van der Waals surface area contributed by atoms with Gasteiger partial charge >= 0.3 is 0 Å². The lowest BCUT2D eigenvalue weighted by atomic mass is 10.3. The molecule has 1 saturated heterocycles. The first kappa shape index (κ1) is 8.99. The van der Waals surface area contributed by atoms with Crippen LogP contribution < -0.4 is 5.73 Å². The van der Waals surface area contributed by atoms with Crippen LogP contribution in [-0.2, 0) is 14.3 Å². The van der Waals surface area contributed by atoms with Crippen LogP contribution >= 0.6 is 0 Å². The van der Waals surface area contributed by atoms with Crippen LogP contribution in [0.1, 0.15) is 0 Å². The number of hydrogen-bond acceptors (Lipinski definition) is 3. The molecule has 12 heavy (non-hydrogen) atoms. The molecule has 1 aliphatic rings. The van der Waals surface area contributed by atoms with Crippen molar-refractivity contribution in [2.75, 3.05) is 26.3 Å². The zero-order valence-corrected chi connectivity index (χ0v) is 6.66. The monoisotopic (exact) mass is 171 g/mol. The first-order valence-electron chi connectivity index (χ1n) is 3.71. The molecule has 0 bridgehead atoms. The van der Waals surface area contributed by atoms with E-state index in [2.05, 4.69) is 0 Å². The number of morpholine rings is 1. The van der Waals surface area contributed by atoms with Crippen LogP contribution in [0.4, 0.5) is 0 Å². The lowest BCUT2D eigenvalue weighted by Gasteiger charge is -2.26. The number of ether oxygens (including phenoxy) is 1. The number of primary amides is 1. The van der Waals surface area contributed by atoms with Crippen LogP contribution in [0.2, 0.25) is 0 Å².